The van der Waals surface area contributed by atoms with E-state index in [1.807, 2.05) is 11.6 Å². The van der Waals surface area contributed by atoms with E-state index in [1.165, 1.54) is 18.2 Å². The van der Waals surface area contributed by atoms with E-state index in [4.69, 9.17) is 46.7 Å². The normalized spacial score (nSPS) is 23.8. The Balaban J connectivity index is 1.26. The van der Waals surface area contributed by atoms with Gasteiger partial charge in [-0.2, -0.15) is 33.3 Å². The first-order chi connectivity index (χ1) is 24.3. The molecule has 51 heavy (non-hydrogen) atoms. The van der Waals surface area contributed by atoms with Crippen LogP contribution in [0.2, 0.25) is 5.02 Å². The van der Waals surface area contributed by atoms with Crippen LogP contribution in [-0.2, 0) is 41.9 Å². The minimum atomic E-state index is -4.74. The quantitative estimate of drug-likeness (QED) is 0.133. The maximum atomic E-state index is 14.3. The van der Waals surface area contributed by atoms with Gasteiger partial charge in [-0.05, 0) is 68.0 Å². The Morgan fingerprint density at radius 3 is 2.76 bits per heavy atom. The highest BCUT2D eigenvalue weighted by atomic mass is 35.5. The molecule has 3 N–H and O–H groups in total. The zero-order chi connectivity index (χ0) is 36.2. The van der Waals surface area contributed by atoms with Crippen LogP contribution in [0.15, 0.2) is 24.0 Å². The molecule has 0 bridgehead atoms. The number of hydrogen-bond donors (Lipinski definition) is 2. The lowest BCUT2D eigenvalue weighted by atomic mass is 9.94. The molecule has 12 nitrogen and oxygen atoms in total. The summed E-state index contributed by atoms with van der Waals surface area (Å²) >= 11 is 6.10. The Bertz CT molecular complexity index is 1840. The Morgan fingerprint density at radius 2 is 2.02 bits per heavy atom. The van der Waals surface area contributed by atoms with Crippen LogP contribution in [0.25, 0.3) is 0 Å². The second-order valence-electron chi connectivity index (χ2n) is 13.8. The number of alkyl halides is 3. The lowest BCUT2D eigenvalue weighted by Crippen LogP contribution is -2.43. The number of nitrogen functional groups attached to an aromatic ring is 1. The Labute approximate surface area is 297 Å². The molecule has 1 aromatic carbocycles. The van der Waals surface area contributed by atoms with E-state index in [2.05, 4.69) is 9.80 Å². The van der Waals surface area contributed by atoms with Gasteiger partial charge in [0.05, 0.1) is 60.2 Å². The molecule has 4 aliphatic heterocycles. The van der Waals surface area contributed by atoms with Crippen LogP contribution < -0.4 is 15.4 Å². The Kier molecular flexibility index (Phi) is 9.69. The molecule has 0 saturated carbocycles. The number of benzene rings is 1. The summed E-state index contributed by atoms with van der Waals surface area (Å²) in [6, 6.07) is 2.41. The highest BCUT2D eigenvalue weighted by Crippen LogP contribution is 2.45. The van der Waals surface area contributed by atoms with Gasteiger partial charge in [0.1, 0.15) is 18.1 Å². The number of aliphatic hydroxyl groups excluding tert-OH is 1. The molecule has 2 unspecified atom stereocenters. The van der Waals surface area contributed by atoms with E-state index >= 15 is 0 Å². The van der Waals surface area contributed by atoms with Gasteiger partial charge >= 0.3 is 12.2 Å². The number of rotatable bonds is 8. The van der Waals surface area contributed by atoms with Crippen LogP contribution in [0.1, 0.15) is 77.4 Å². The SMILES string of the molecule is CON(C)C(O)c1nn2c(c1C)CN(c1nc(OC[C@@]34CCCN3C/C(=C\F)C4)nc3c1COC(c1cc(N)cc(Cl)c1C(F)(F)F)C3)CCC2. The molecule has 3 atom stereocenters. The number of fused-ring (bicyclic) bond motifs is 3. The molecule has 0 spiro atoms. The van der Waals surface area contributed by atoms with Crippen LogP contribution in [0, 0.1) is 6.92 Å². The fourth-order valence-corrected chi connectivity index (χ4v) is 8.31. The van der Waals surface area contributed by atoms with Crippen LogP contribution >= 0.6 is 11.6 Å². The van der Waals surface area contributed by atoms with Gasteiger partial charge in [-0.25, -0.2) is 4.39 Å². The maximum Gasteiger partial charge on any atom is 0.418 e. The Hall–Kier alpha value is -3.54. The number of nitrogens with two attached hydrogens (primary N) is 1. The minimum absolute atomic E-state index is 0.0133. The molecule has 0 radical (unpaired) electrons. The largest absolute Gasteiger partial charge is 0.461 e. The van der Waals surface area contributed by atoms with Crippen molar-refractivity contribution < 1.29 is 37.0 Å². The summed E-state index contributed by atoms with van der Waals surface area (Å²) in [6.45, 7) is 4.96. The first kappa shape index (κ1) is 35.8. The highest BCUT2D eigenvalue weighted by molar-refractivity contribution is 6.31. The van der Waals surface area contributed by atoms with E-state index in [-0.39, 0.29) is 42.4 Å². The lowest BCUT2D eigenvalue weighted by molar-refractivity contribution is -0.207. The van der Waals surface area contributed by atoms with Crippen molar-refractivity contribution in [2.45, 2.75) is 82.8 Å². The first-order valence-electron chi connectivity index (χ1n) is 16.9. The number of ether oxygens (including phenoxy) is 2. The van der Waals surface area contributed by atoms with Crippen LogP contribution in [0.5, 0.6) is 6.01 Å². The molecule has 17 heteroatoms. The summed E-state index contributed by atoms with van der Waals surface area (Å²) in [6.07, 6.45) is -3.19. The first-order valence-corrected chi connectivity index (χ1v) is 17.3. The number of aromatic nitrogens is 4. The summed E-state index contributed by atoms with van der Waals surface area (Å²) in [7, 11) is 3.08. The third kappa shape index (κ3) is 6.66. The van der Waals surface area contributed by atoms with E-state index < -0.39 is 29.1 Å². The monoisotopic (exact) mass is 736 g/mol. The summed E-state index contributed by atoms with van der Waals surface area (Å²) in [5.41, 5.74) is 8.47. The molecular formula is C34H41ClF4N8O4. The standard InChI is InChI=1S/C34H41ClF4N8O4/c1-19-26-16-45(7-5-9-47(26)43-29(19)31(48)44(2)49-3)30-23-17-50-27(22-10-21(40)11-24(35)28(22)34(37,38)39)12-25(23)41-32(42-30)51-18-33-6-4-8-46(33)15-20(13-33)14-36/h10-11,14,27,31,48H,4-9,12-13,15-18,40H2,1-3H3/b20-14-/t27?,31?,33-/m0/s1. The molecule has 2 saturated heterocycles. The zero-order valence-electron chi connectivity index (χ0n) is 28.6. The number of aliphatic hydroxyl groups is 1. The van der Waals surface area contributed by atoms with Crippen molar-refractivity contribution in [2.24, 2.45) is 0 Å². The zero-order valence-corrected chi connectivity index (χ0v) is 29.4. The molecule has 6 heterocycles. The third-order valence-electron chi connectivity index (χ3n) is 10.6. The number of nitrogens with zero attached hydrogens (tertiary/aromatic N) is 7. The van der Waals surface area contributed by atoms with Gasteiger partial charge in [0.15, 0.2) is 6.23 Å². The Morgan fingerprint density at radius 1 is 1.22 bits per heavy atom. The lowest BCUT2D eigenvalue weighted by Gasteiger charge is -2.33. The van der Waals surface area contributed by atoms with Crippen LogP contribution in [0.3, 0.4) is 0 Å². The number of hydroxylamine groups is 2. The fraction of sp³-hybridized carbons (Fsp3) is 0.559. The van der Waals surface area contributed by atoms with E-state index in [1.54, 1.807) is 7.05 Å². The molecule has 276 valence electrons. The van der Waals surface area contributed by atoms with Crippen molar-refractivity contribution in [2.75, 3.05) is 51.0 Å². The minimum Gasteiger partial charge on any atom is -0.461 e. The van der Waals surface area contributed by atoms with Crippen molar-refractivity contribution in [1.29, 1.82) is 0 Å². The predicted octanol–water partition coefficient (Wildman–Crippen LogP) is 5.41. The van der Waals surface area contributed by atoms with Crippen molar-refractivity contribution in [1.82, 2.24) is 29.7 Å². The smallest absolute Gasteiger partial charge is 0.418 e. The molecule has 2 fully saturated rings. The average Bonchev–Trinajstić information content (AvgIpc) is 3.69. The van der Waals surface area contributed by atoms with E-state index in [9.17, 15) is 22.7 Å². The summed E-state index contributed by atoms with van der Waals surface area (Å²) in [4.78, 5) is 19.2. The fourth-order valence-electron chi connectivity index (χ4n) is 7.97. The molecule has 3 aromatic rings. The molecule has 2 aromatic heterocycles. The van der Waals surface area contributed by atoms with Gasteiger partial charge in [-0.1, -0.05) is 11.6 Å². The summed E-state index contributed by atoms with van der Waals surface area (Å²) < 4.78 is 70.8. The average molecular weight is 737 g/mol. The van der Waals surface area contributed by atoms with E-state index in [0.717, 1.165) is 36.7 Å². The maximum absolute atomic E-state index is 14.3. The summed E-state index contributed by atoms with van der Waals surface area (Å²) in [5, 5.41) is 16.4. The van der Waals surface area contributed by atoms with Gasteiger partial charge < -0.3 is 25.2 Å². The van der Waals surface area contributed by atoms with Crippen molar-refractivity contribution >= 4 is 23.1 Å². The number of anilines is 2. The van der Waals surface area contributed by atoms with Crippen LogP contribution in [-0.4, -0.2) is 80.8 Å². The molecule has 4 aliphatic rings. The number of aryl methyl sites for hydroxylation is 1. The molecule has 7 rings (SSSR count). The number of halogens is 5. The topological polar surface area (TPSA) is 127 Å². The van der Waals surface area contributed by atoms with Crippen LogP contribution in [0.4, 0.5) is 29.1 Å². The second kappa shape index (κ2) is 13.8. The van der Waals surface area contributed by atoms with Gasteiger partial charge in [-0.15, -0.1) is 0 Å². The van der Waals surface area contributed by atoms with Crippen molar-refractivity contribution in [3.63, 3.8) is 0 Å². The number of hydrogen-bond acceptors (Lipinski definition) is 11. The summed E-state index contributed by atoms with van der Waals surface area (Å²) in [5.74, 6) is 0.539. The predicted molar refractivity (Wildman–Crippen MR) is 179 cm³/mol. The second-order valence-corrected chi connectivity index (χ2v) is 14.2. The van der Waals surface area contributed by atoms with Gasteiger partial charge in [0.25, 0.3) is 0 Å². The van der Waals surface area contributed by atoms with Gasteiger partial charge in [0, 0.05) is 44.4 Å². The third-order valence-corrected chi connectivity index (χ3v) is 10.9. The van der Waals surface area contributed by atoms with Crippen molar-refractivity contribution in [3.05, 3.63) is 68.4 Å². The van der Waals surface area contributed by atoms with E-state index in [0.29, 0.717) is 73.7 Å². The van der Waals surface area contributed by atoms with Gasteiger partial charge in [-0.3, -0.25) is 14.4 Å². The molecule has 0 amide bonds. The van der Waals surface area contributed by atoms with Gasteiger partial charge in [0.2, 0.25) is 0 Å². The molecule has 0 aliphatic carbocycles. The highest BCUT2D eigenvalue weighted by Gasteiger charge is 2.47. The van der Waals surface area contributed by atoms with Crippen molar-refractivity contribution in [3.8, 4) is 6.01 Å². The molecular weight excluding hydrogens is 696 g/mol.